The van der Waals surface area contributed by atoms with Crippen LogP contribution in [0.4, 0.5) is 28.4 Å². The Balaban J connectivity index is 1.22. The summed E-state index contributed by atoms with van der Waals surface area (Å²) in [7, 11) is 0. The Morgan fingerprint density at radius 3 is 1.79 bits per heavy atom. The summed E-state index contributed by atoms with van der Waals surface area (Å²) in [5, 5.41) is 0. The molecule has 3 heteroatoms. The van der Waals surface area contributed by atoms with Crippen molar-refractivity contribution in [3.8, 4) is 11.1 Å². The number of anilines is 5. The predicted octanol–water partition coefficient (Wildman–Crippen LogP) is 15.6. The lowest BCUT2D eigenvalue weighted by atomic mass is 9.30. The minimum atomic E-state index is -0.0797. The van der Waals surface area contributed by atoms with Crippen molar-refractivity contribution in [1.82, 2.24) is 0 Å². The fourth-order valence-electron chi connectivity index (χ4n) is 15.4. The van der Waals surface area contributed by atoms with Crippen molar-refractivity contribution in [2.24, 2.45) is 5.41 Å². The van der Waals surface area contributed by atoms with E-state index >= 15 is 0 Å². The Morgan fingerprint density at radius 1 is 0.500 bits per heavy atom. The monoisotopic (exact) mass is 895 g/mol. The molecule has 12 rings (SSSR count). The van der Waals surface area contributed by atoms with Gasteiger partial charge in [0.15, 0.2) is 0 Å². The molecule has 0 saturated heterocycles. The van der Waals surface area contributed by atoms with Crippen LogP contribution in [-0.2, 0) is 27.1 Å². The van der Waals surface area contributed by atoms with Gasteiger partial charge in [0.05, 0.1) is 11.2 Å². The van der Waals surface area contributed by atoms with Gasteiger partial charge in [-0.15, -0.1) is 0 Å². The molecule has 0 bridgehead atoms. The predicted molar refractivity (Wildman–Crippen MR) is 292 cm³/mol. The van der Waals surface area contributed by atoms with Crippen LogP contribution < -0.4 is 26.2 Å². The quantitative estimate of drug-likeness (QED) is 0.163. The minimum absolute atomic E-state index is 0.000204. The van der Waals surface area contributed by atoms with Crippen molar-refractivity contribution in [3.05, 3.63) is 154 Å². The summed E-state index contributed by atoms with van der Waals surface area (Å²) in [5.41, 5.74) is 24.7. The van der Waals surface area contributed by atoms with Crippen LogP contribution >= 0.6 is 0 Å². The molecule has 5 unspecified atom stereocenters. The fourth-order valence-corrected chi connectivity index (χ4v) is 15.4. The van der Waals surface area contributed by atoms with Crippen molar-refractivity contribution in [2.45, 2.75) is 180 Å². The molecule has 0 spiro atoms. The lowest BCUT2D eigenvalue weighted by molar-refractivity contribution is 0.0926. The zero-order valence-corrected chi connectivity index (χ0v) is 43.7. The van der Waals surface area contributed by atoms with Crippen molar-refractivity contribution in [3.63, 3.8) is 0 Å². The van der Waals surface area contributed by atoms with Crippen LogP contribution in [0.1, 0.15) is 186 Å². The Labute approximate surface area is 410 Å². The van der Waals surface area contributed by atoms with Crippen LogP contribution in [0.25, 0.3) is 11.1 Å². The first-order valence-electron chi connectivity index (χ1n) is 26.5. The normalized spacial score (nSPS) is 26.7. The van der Waals surface area contributed by atoms with Crippen molar-refractivity contribution < 1.29 is 0 Å². The molecule has 0 radical (unpaired) electrons. The van der Waals surface area contributed by atoms with Gasteiger partial charge in [-0.3, -0.25) is 0 Å². The summed E-state index contributed by atoms with van der Waals surface area (Å²) in [6.45, 7) is 32.2. The zero-order valence-electron chi connectivity index (χ0n) is 43.7. The molecule has 3 aliphatic carbocycles. The fraction of sp³-hybridized carbons (Fsp3) is 0.446. The second-order valence-electron chi connectivity index (χ2n) is 26.4. The Kier molecular flexibility index (Phi) is 9.29. The molecule has 0 N–H and O–H groups in total. The molecular weight excluding hydrogens is 820 g/mol. The highest BCUT2D eigenvalue weighted by Gasteiger charge is 2.63. The van der Waals surface area contributed by atoms with Gasteiger partial charge in [-0.2, -0.15) is 0 Å². The van der Waals surface area contributed by atoms with Crippen LogP contribution in [0, 0.1) is 5.41 Å². The van der Waals surface area contributed by atoms with E-state index in [1.807, 2.05) is 0 Å². The first-order chi connectivity index (χ1) is 32.1. The van der Waals surface area contributed by atoms with E-state index < -0.39 is 0 Å². The molecule has 2 fully saturated rings. The zero-order chi connectivity index (χ0) is 47.7. The number of hydrogen-bond donors (Lipinski definition) is 0. The van der Waals surface area contributed by atoms with E-state index in [-0.39, 0.29) is 44.7 Å². The average Bonchev–Trinajstić information content (AvgIpc) is 3.64. The topological polar surface area (TPSA) is 6.48 Å². The molecule has 2 nitrogen and oxygen atoms in total. The molecule has 2 saturated carbocycles. The highest BCUT2D eigenvalue weighted by molar-refractivity contribution is 6.99. The third-order valence-electron chi connectivity index (χ3n) is 19.7. The lowest BCUT2D eigenvalue weighted by Crippen LogP contribution is -2.62. The SMILES string of the molecule is CC(C)(C)c1ccc2c(c1)B1c3cccc4c3C(c3cc(N5c6ccc(C(C)(C)C)cc6C6(C)CCCCC56C)cc(c31)N2c1ccc(C(C)(C)C)cc1-c1ccccc1)C1(C)CCCCC41C. The number of rotatable bonds is 3. The molecule has 0 amide bonds. The van der Waals surface area contributed by atoms with Gasteiger partial charge >= 0.3 is 0 Å². The molecule has 6 aliphatic rings. The highest BCUT2D eigenvalue weighted by atomic mass is 15.3. The second-order valence-corrected chi connectivity index (χ2v) is 26.4. The largest absolute Gasteiger partial charge is 0.334 e. The van der Waals surface area contributed by atoms with Gasteiger partial charge < -0.3 is 9.80 Å². The van der Waals surface area contributed by atoms with Gasteiger partial charge in [0, 0.05) is 39.6 Å². The van der Waals surface area contributed by atoms with Crippen molar-refractivity contribution >= 4 is 51.5 Å². The van der Waals surface area contributed by atoms with Crippen LogP contribution in [0.2, 0.25) is 0 Å². The van der Waals surface area contributed by atoms with Crippen molar-refractivity contribution in [1.29, 1.82) is 0 Å². The summed E-state index contributed by atoms with van der Waals surface area (Å²) in [6, 6.07) is 46.9. The highest BCUT2D eigenvalue weighted by Crippen LogP contribution is 2.68. The molecule has 3 aliphatic heterocycles. The lowest BCUT2D eigenvalue weighted by Gasteiger charge is -2.52. The Morgan fingerprint density at radius 2 is 1.10 bits per heavy atom. The number of hydrogen-bond acceptors (Lipinski definition) is 2. The van der Waals surface area contributed by atoms with Crippen LogP contribution in [-0.4, -0.2) is 12.3 Å². The van der Waals surface area contributed by atoms with E-state index in [1.165, 1.54) is 119 Å². The molecule has 348 valence electrons. The third-order valence-corrected chi connectivity index (χ3v) is 19.7. The van der Waals surface area contributed by atoms with Gasteiger partial charge in [0.1, 0.15) is 0 Å². The van der Waals surface area contributed by atoms with Crippen LogP contribution in [0.15, 0.2) is 115 Å². The standard InChI is InChI=1S/C65H75BN2/c1-59(2,3)42-26-29-52(46(36-42)41-22-15-14-16-23-41)67-54-31-28-44(61(7,8)9)38-51(54)66-50-25-21-24-48-56(50)57(64(12)34-18-17-32-62(48,64)10)47-39-45(40-55(67)58(47)66)68-53-30-27-43(60(4,5)6)37-49(53)63(11)33-19-20-35-65(63,68)13/h14-16,21-31,36-40,57H,17-20,32-35H2,1-13H3. The van der Waals surface area contributed by atoms with Gasteiger partial charge in [-0.25, -0.2) is 0 Å². The van der Waals surface area contributed by atoms with Gasteiger partial charge in [0.2, 0.25) is 6.71 Å². The molecular formula is C65H75BN2. The van der Waals surface area contributed by atoms with Gasteiger partial charge in [-0.1, -0.05) is 193 Å². The molecule has 0 aromatic heterocycles. The van der Waals surface area contributed by atoms with E-state index in [9.17, 15) is 0 Å². The summed E-state index contributed by atoms with van der Waals surface area (Å²) < 4.78 is 0. The smallest absolute Gasteiger partial charge is 0.247 e. The third kappa shape index (κ3) is 5.83. The number of benzene rings is 6. The van der Waals surface area contributed by atoms with E-state index in [4.69, 9.17) is 0 Å². The summed E-state index contributed by atoms with van der Waals surface area (Å²) in [4.78, 5) is 5.65. The molecule has 6 aromatic rings. The molecule has 5 atom stereocenters. The molecule has 68 heavy (non-hydrogen) atoms. The van der Waals surface area contributed by atoms with Gasteiger partial charge in [-0.05, 0) is 152 Å². The van der Waals surface area contributed by atoms with Crippen LogP contribution in [0.5, 0.6) is 0 Å². The Bertz CT molecular complexity index is 3070. The maximum Gasteiger partial charge on any atom is 0.247 e. The van der Waals surface area contributed by atoms with E-state index in [0.29, 0.717) is 5.92 Å². The first kappa shape index (κ1) is 44.2. The molecule has 3 heterocycles. The van der Waals surface area contributed by atoms with Gasteiger partial charge in [0.25, 0.3) is 0 Å². The number of fused-ring (bicyclic) bond motifs is 10. The van der Waals surface area contributed by atoms with E-state index in [2.05, 4.69) is 215 Å². The molecule has 6 aromatic carbocycles. The maximum absolute atomic E-state index is 2.90. The second kappa shape index (κ2) is 14.3. The Hall–Kier alpha value is -5.02. The summed E-state index contributed by atoms with van der Waals surface area (Å²) >= 11 is 0. The maximum atomic E-state index is 2.90. The number of nitrogens with zero attached hydrogens (tertiary/aromatic N) is 2. The van der Waals surface area contributed by atoms with E-state index in [1.54, 1.807) is 27.7 Å². The van der Waals surface area contributed by atoms with Crippen LogP contribution in [0.3, 0.4) is 0 Å². The minimum Gasteiger partial charge on any atom is -0.334 e. The summed E-state index contributed by atoms with van der Waals surface area (Å²) in [6.07, 6.45) is 10.0. The summed E-state index contributed by atoms with van der Waals surface area (Å²) in [5.74, 6) is 0.311. The van der Waals surface area contributed by atoms with E-state index in [0.717, 1.165) is 0 Å². The first-order valence-corrected chi connectivity index (χ1v) is 26.5. The van der Waals surface area contributed by atoms with Crippen molar-refractivity contribution in [2.75, 3.05) is 9.80 Å². The average molecular weight is 895 g/mol.